The van der Waals surface area contributed by atoms with E-state index in [1.807, 2.05) is 0 Å². The van der Waals surface area contributed by atoms with Crippen LogP contribution in [-0.4, -0.2) is 46.7 Å². The van der Waals surface area contributed by atoms with E-state index in [4.69, 9.17) is 5.11 Å². The van der Waals surface area contributed by atoms with Gasteiger partial charge in [0.2, 0.25) is 0 Å². The molecule has 1 fully saturated rings. The van der Waals surface area contributed by atoms with E-state index in [2.05, 4.69) is 4.84 Å². The van der Waals surface area contributed by atoms with Gasteiger partial charge in [-0.05, 0) is 6.92 Å². The number of carboxylic acids is 1. The van der Waals surface area contributed by atoms with Crippen molar-refractivity contribution in [2.24, 2.45) is 0 Å². The number of carboxylic acid groups (broad SMARTS) is 1. The largest absolute Gasteiger partial charge is 0.479 e. The molecule has 0 aromatic carbocycles. The predicted molar refractivity (Wildman–Crippen MR) is 39.7 cm³/mol. The van der Waals surface area contributed by atoms with Crippen LogP contribution in [0.25, 0.3) is 0 Å². The van der Waals surface area contributed by atoms with Crippen molar-refractivity contribution in [3.05, 3.63) is 0 Å². The van der Waals surface area contributed by atoms with Gasteiger partial charge in [-0.25, -0.2) is 4.79 Å². The van der Waals surface area contributed by atoms with E-state index in [9.17, 15) is 31.1 Å². The van der Waals surface area contributed by atoms with Crippen molar-refractivity contribution in [3.63, 3.8) is 0 Å². The van der Waals surface area contributed by atoms with Gasteiger partial charge >= 0.3 is 18.3 Å². The third-order valence-electron chi connectivity index (χ3n) is 2.43. The van der Waals surface area contributed by atoms with Crippen LogP contribution in [0.4, 0.5) is 26.3 Å². The van der Waals surface area contributed by atoms with E-state index < -0.39 is 36.5 Å². The first-order chi connectivity index (χ1) is 7.46. The number of hydrogen-bond donors (Lipinski definition) is 1. The number of hydrogen-bond acceptors (Lipinski definition) is 3. The summed E-state index contributed by atoms with van der Waals surface area (Å²) in [4.78, 5) is 14.0. The lowest BCUT2D eigenvalue weighted by molar-refractivity contribution is -0.306. The lowest BCUT2D eigenvalue weighted by atomic mass is 10.1. The highest BCUT2D eigenvalue weighted by Gasteiger charge is 2.89. The Morgan fingerprint density at radius 1 is 1.29 bits per heavy atom. The number of aliphatic carboxylic acids is 1. The van der Waals surface area contributed by atoms with Crippen molar-refractivity contribution >= 4 is 5.97 Å². The summed E-state index contributed by atoms with van der Waals surface area (Å²) >= 11 is 0. The highest BCUT2D eigenvalue weighted by molar-refractivity contribution is 5.68. The number of hydroxylamine groups is 2. The normalized spacial score (nSPS) is 27.9. The number of halogens is 6. The van der Waals surface area contributed by atoms with Gasteiger partial charge in [0.05, 0.1) is 6.04 Å². The molecule has 0 bridgehead atoms. The first kappa shape index (κ1) is 14.0. The number of alkyl halides is 6. The van der Waals surface area contributed by atoms with Crippen LogP contribution in [-0.2, 0) is 9.63 Å². The molecule has 0 aromatic heterocycles. The zero-order valence-corrected chi connectivity index (χ0v) is 8.26. The van der Waals surface area contributed by atoms with E-state index in [1.54, 1.807) is 0 Å². The first-order valence-corrected chi connectivity index (χ1v) is 4.23. The van der Waals surface area contributed by atoms with Gasteiger partial charge in [-0.3, -0.25) is 4.84 Å². The number of carbonyl (C=O) groups is 1. The molecule has 10 heteroatoms. The second kappa shape index (κ2) is 3.73. The smallest absolute Gasteiger partial charge is 0.419 e. The molecular weight excluding hydrogens is 260 g/mol. The van der Waals surface area contributed by atoms with Gasteiger partial charge in [-0.15, -0.1) is 0 Å². The Hall–Kier alpha value is -1.03. The summed E-state index contributed by atoms with van der Waals surface area (Å²) in [6, 6.07) is -2.01. The van der Waals surface area contributed by atoms with Gasteiger partial charge in [0.25, 0.3) is 5.54 Å². The van der Waals surface area contributed by atoms with Crippen LogP contribution in [0.5, 0.6) is 0 Å². The zero-order chi connectivity index (χ0) is 13.6. The molecule has 0 spiro atoms. The Bertz CT molecular complexity index is 311. The standard InChI is InChI=1S/C7H7F6NO3/c1-3-5(6(8,9)10,7(11,12)13)14(3)17-2-4(15)16/h3H,2H2,1H3,(H,15,16). The molecule has 100 valence electrons. The van der Waals surface area contributed by atoms with Crippen molar-refractivity contribution in [1.29, 1.82) is 0 Å². The summed E-state index contributed by atoms with van der Waals surface area (Å²) in [7, 11) is 0. The summed E-state index contributed by atoms with van der Waals surface area (Å²) in [5, 5.41) is 7.75. The van der Waals surface area contributed by atoms with E-state index in [1.165, 1.54) is 0 Å². The van der Waals surface area contributed by atoms with Crippen molar-refractivity contribution in [2.45, 2.75) is 30.9 Å². The minimum absolute atomic E-state index is 0.388. The van der Waals surface area contributed by atoms with E-state index in [0.717, 1.165) is 0 Å². The molecule has 17 heavy (non-hydrogen) atoms. The van der Waals surface area contributed by atoms with Gasteiger partial charge in [0, 0.05) is 0 Å². The molecule has 0 aromatic rings. The maximum atomic E-state index is 12.4. The van der Waals surface area contributed by atoms with Crippen LogP contribution in [0.15, 0.2) is 0 Å². The molecule has 1 aliphatic rings. The highest BCUT2D eigenvalue weighted by atomic mass is 19.4. The highest BCUT2D eigenvalue weighted by Crippen LogP contribution is 2.60. The monoisotopic (exact) mass is 267 g/mol. The zero-order valence-electron chi connectivity index (χ0n) is 8.26. The maximum Gasteiger partial charge on any atom is 0.419 e. The molecule has 0 aliphatic carbocycles. The van der Waals surface area contributed by atoms with Crippen LogP contribution in [0, 0.1) is 0 Å². The lowest BCUT2D eigenvalue weighted by Gasteiger charge is -2.23. The van der Waals surface area contributed by atoms with Gasteiger partial charge in [0.1, 0.15) is 0 Å². The van der Waals surface area contributed by atoms with Crippen molar-refractivity contribution < 1.29 is 41.1 Å². The molecular formula is C7H7F6NO3. The van der Waals surface area contributed by atoms with E-state index >= 15 is 0 Å². The van der Waals surface area contributed by atoms with Gasteiger partial charge in [-0.2, -0.15) is 31.4 Å². The van der Waals surface area contributed by atoms with Crippen LogP contribution < -0.4 is 0 Å². The molecule has 0 radical (unpaired) electrons. The molecule has 2 atom stereocenters. The fraction of sp³-hybridized carbons (Fsp3) is 0.857. The predicted octanol–water partition coefficient (Wildman–Crippen LogP) is 1.57. The minimum Gasteiger partial charge on any atom is -0.479 e. The second-order valence-electron chi connectivity index (χ2n) is 3.43. The first-order valence-electron chi connectivity index (χ1n) is 4.23. The summed E-state index contributed by atoms with van der Waals surface area (Å²) in [6.07, 6.45) is -11.2. The van der Waals surface area contributed by atoms with E-state index in [0.29, 0.717) is 6.92 Å². The van der Waals surface area contributed by atoms with Gasteiger partial charge in [-0.1, -0.05) is 0 Å². The van der Waals surface area contributed by atoms with Crippen molar-refractivity contribution in [2.75, 3.05) is 6.61 Å². The molecule has 4 nitrogen and oxygen atoms in total. The lowest BCUT2D eigenvalue weighted by Crippen LogP contribution is -2.50. The molecule has 0 saturated carbocycles. The Kier molecular flexibility index (Phi) is 3.08. The fourth-order valence-corrected chi connectivity index (χ4v) is 1.62. The second-order valence-corrected chi connectivity index (χ2v) is 3.43. The van der Waals surface area contributed by atoms with Crippen LogP contribution >= 0.6 is 0 Å². The summed E-state index contributed by atoms with van der Waals surface area (Å²) in [6.45, 7) is -0.610. The maximum absolute atomic E-state index is 12.4. The minimum atomic E-state index is -5.59. The van der Waals surface area contributed by atoms with Crippen molar-refractivity contribution in [3.8, 4) is 0 Å². The fourth-order valence-electron chi connectivity index (χ4n) is 1.62. The molecule has 2 unspecified atom stereocenters. The third kappa shape index (κ3) is 1.95. The molecule has 1 aliphatic heterocycles. The van der Waals surface area contributed by atoms with E-state index in [-0.39, 0.29) is 5.06 Å². The van der Waals surface area contributed by atoms with Crippen LogP contribution in [0.1, 0.15) is 6.92 Å². The molecule has 1 saturated heterocycles. The van der Waals surface area contributed by atoms with Crippen LogP contribution in [0.2, 0.25) is 0 Å². The Morgan fingerprint density at radius 2 is 1.71 bits per heavy atom. The quantitative estimate of drug-likeness (QED) is 0.623. The average Bonchev–Trinajstić information content (AvgIpc) is 2.66. The summed E-state index contributed by atoms with van der Waals surface area (Å²) < 4.78 is 74.6. The summed E-state index contributed by atoms with van der Waals surface area (Å²) in [5.41, 5.74) is -4.12. The Labute approximate surface area is 90.7 Å². The van der Waals surface area contributed by atoms with Gasteiger partial charge < -0.3 is 5.11 Å². The Morgan fingerprint density at radius 3 is 1.94 bits per heavy atom. The molecule has 1 heterocycles. The average molecular weight is 267 g/mol. The SMILES string of the molecule is CC1N(OCC(=O)O)C1(C(F)(F)F)C(F)(F)F. The Balaban J connectivity index is 2.94. The topological polar surface area (TPSA) is 49.5 Å². The third-order valence-corrected chi connectivity index (χ3v) is 2.43. The molecule has 1 N–H and O–H groups in total. The number of rotatable bonds is 3. The van der Waals surface area contributed by atoms with Crippen LogP contribution in [0.3, 0.4) is 0 Å². The summed E-state index contributed by atoms with van der Waals surface area (Å²) in [5.74, 6) is -1.66. The van der Waals surface area contributed by atoms with Gasteiger partial charge in [0.15, 0.2) is 6.61 Å². The molecule has 0 amide bonds. The number of nitrogens with zero attached hydrogens (tertiary/aromatic N) is 1. The van der Waals surface area contributed by atoms with Crippen molar-refractivity contribution in [1.82, 2.24) is 5.06 Å². The molecule has 1 rings (SSSR count).